The van der Waals surface area contributed by atoms with Crippen molar-refractivity contribution in [1.29, 1.82) is 0 Å². The van der Waals surface area contributed by atoms with E-state index in [0.717, 1.165) is 0 Å². The molecule has 3 amide bonds. The van der Waals surface area contributed by atoms with Crippen LogP contribution in [0.3, 0.4) is 0 Å². The van der Waals surface area contributed by atoms with E-state index in [1.54, 1.807) is 0 Å². The Balaban J connectivity index is 1.73. The molecule has 2 heterocycles. The van der Waals surface area contributed by atoms with Crippen molar-refractivity contribution in [3.05, 3.63) is 11.9 Å². The monoisotopic (exact) mass is 282 g/mol. The van der Waals surface area contributed by atoms with E-state index in [1.165, 1.54) is 10.9 Å². The van der Waals surface area contributed by atoms with Crippen LogP contribution in [0.4, 0.5) is 4.79 Å². The van der Waals surface area contributed by atoms with Crippen molar-refractivity contribution >= 4 is 17.9 Å². The number of primary amides is 1. The number of carbonyl (C=O) groups excluding carboxylic acids is 2. The Labute approximate surface area is 113 Å². The lowest BCUT2D eigenvalue weighted by Gasteiger charge is -2.38. The zero-order valence-corrected chi connectivity index (χ0v) is 10.5. The van der Waals surface area contributed by atoms with E-state index in [0.29, 0.717) is 19.6 Å². The lowest BCUT2D eigenvalue weighted by atomic mass is 10.1. The fourth-order valence-electron chi connectivity index (χ4n) is 1.91. The maximum Gasteiger partial charge on any atom is 0.358 e. The third-order valence-electron chi connectivity index (χ3n) is 2.96. The molecule has 20 heavy (non-hydrogen) atoms. The number of aromatic nitrogens is 3. The van der Waals surface area contributed by atoms with Gasteiger partial charge in [0, 0.05) is 26.1 Å². The lowest BCUT2D eigenvalue weighted by molar-refractivity contribution is -0.120. The smallest absolute Gasteiger partial charge is 0.358 e. The highest BCUT2D eigenvalue weighted by Crippen LogP contribution is 2.20. The van der Waals surface area contributed by atoms with E-state index < -0.39 is 17.9 Å². The van der Waals surface area contributed by atoms with Gasteiger partial charge in [-0.15, -0.1) is 5.10 Å². The van der Waals surface area contributed by atoms with Crippen LogP contribution in [0.5, 0.6) is 0 Å². The molecule has 1 aromatic heterocycles. The molecule has 0 aliphatic carbocycles. The quantitative estimate of drug-likeness (QED) is 0.591. The molecular weight excluding hydrogens is 268 g/mol. The number of carboxylic acid groups (broad SMARTS) is 1. The number of hydrogen-bond donors (Lipinski definition) is 3. The van der Waals surface area contributed by atoms with Crippen molar-refractivity contribution in [2.24, 2.45) is 5.73 Å². The van der Waals surface area contributed by atoms with E-state index in [1.807, 2.05) is 10.2 Å². The molecule has 10 nitrogen and oxygen atoms in total. The number of aromatic carboxylic acids is 1. The van der Waals surface area contributed by atoms with Crippen LogP contribution < -0.4 is 11.1 Å². The first-order valence-corrected chi connectivity index (χ1v) is 5.92. The summed E-state index contributed by atoms with van der Waals surface area (Å²) >= 11 is 0. The summed E-state index contributed by atoms with van der Waals surface area (Å²) in [6, 6.07) is -0.810. The molecule has 0 aromatic carbocycles. The van der Waals surface area contributed by atoms with Gasteiger partial charge in [0.15, 0.2) is 5.69 Å². The normalized spacial score (nSPS) is 15.6. The molecule has 0 spiro atoms. The Morgan fingerprint density at radius 2 is 2.15 bits per heavy atom. The van der Waals surface area contributed by atoms with Gasteiger partial charge in [0.1, 0.15) is 0 Å². The maximum atomic E-state index is 11.2. The van der Waals surface area contributed by atoms with E-state index in [-0.39, 0.29) is 18.2 Å². The van der Waals surface area contributed by atoms with Crippen molar-refractivity contribution in [2.45, 2.75) is 12.5 Å². The first-order chi connectivity index (χ1) is 9.45. The number of nitrogens with two attached hydrogens (primary N) is 1. The number of likely N-dealkylation sites (tertiary alicyclic amines) is 1. The highest BCUT2D eigenvalue weighted by molar-refractivity contribution is 5.93. The van der Waals surface area contributed by atoms with Gasteiger partial charge >= 0.3 is 12.0 Å². The maximum absolute atomic E-state index is 11.2. The van der Waals surface area contributed by atoms with Gasteiger partial charge in [0.2, 0.25) is 5.91 Å². The van der Waals surface area contributed by atoms with Crippen LogP contribution in [0.2, 0.25) is 0 Å². The van der Waals surface area contributed by atoms with Crippen molar-refractivity contribution < 1.29 is 19.5 Å². The van der Waals surface area contributed by atoms with Crippen LogP contribution >= 0.6 is 0 Å². The first-order valence-electron chi connectivity index (χ1n) is 5.92. The molecule has 10 heteroatoms. The number of nitrogens with zero attached hydrogens (tertiary/aromatic N) is 4. The van der Waals surface area contributed by atoms with Crippen LogP contribution in [-0.4, -0.2) is 62.5 Å². The fourth-order valence-corrected chi connectivity index (χ4v) is 1.91. The second-order valence-corrected chi connectivity index (χ2v) is 4.46. The summed E-state index contributed by atoms with van der Waals surface area (Å²) in [6.45, 7) is 1.79. The minimum Gasteiger partial charge on any atom is -0.476 e. The van der Waals surface area contributed by atoms with Crippen molar-refractivity contribution in [2.75, 3.05) is 19.6 Å². The van der Waals surface area contributed by atoms with E-state index in [9.17, 15) is 14.4 Å². The molecule has 0 radical (unpaired) electrons. The summed E-state index contributed by atoms with van der Waals surface area (Å²) in [6.07, 6.45) is 1.55. The Morgan fingerprint density at radius 1 is 1.45 bits per heavy atom. The number of carbonyl (C=O) groups is 3. The number of rotatable bonds is 5. The molecule has 1 aromatic rings. The standard InChI is InChI=1S/C10H14N6O4/c11-10(20)12-8(17)1-2-15-3-6(4-15)16-5-7(9(18)19)13-14-16/h5-6H,1-4H2,(H,18,19)(H3,11,12,17,20). The topological polar surface area (TPSA) is 143 Å². The Bertz CT molecular complexity index is 536. The number of nitrogens with one attached hydrogen (secondary N) is 1. The van der Waals surface area contributed by atoms with Crippen molar-refractivity contribution in [3.63, 3.8) is 0 Å². The van der Waals surface area contributed by atoms with Crippen LogP contribution in [0, 0.1) is 0 Å². The van der Waals surface area contributed by atoms with Crippen molar-refractivity contribution in [1.82, 2.24) is 25.2 Å². The Hall–Kier alpha value is -2.49. The second-order valence-electron chi connectivity index (χ2n) is 4.46. The highest BCUT2D eigenvalue weighted by Gasteiger charge is 2.29. The van der Waals surface area contributed by atoms with Gasteiger partial charge in [-0.25, -0.2) is 14.3 Å². The van der Waals surface area contributed by atoms with Crippen LogP contribution in [-0.2, 0) is 4.79 Å². The molecule has 1 aliphatic heterocycles. The molecule has 0 saturated carbocycles. The molecule has 1 aliphatic rings. The van der Waals surface area contributed by atoms with Crippen LogP contribution in [0.15, 0.2) is 6.20 Å². The first kappa shape index (κ1) is 13.9. The number of imide groups is 1. The Morgan fingerprint density at radius 3 is 2.70 bits per heavy atom. The highest BCUT2D eigenvalue weighted by atomic mass is 16.4. The molecule has 2 rings (SSSR count). The van der Waals surface area contributed by atoms with E-state index in [4.69, 9.17) is 10.8 Å². The number of hydrogen-bond acceptors (Lipinski definition) is 6. The van der Waals surface area contributed by atoms with E-state index >= 15 is 0 Å². The van der Waals surface area contributed by atoms with Crippen LogP contribution in [0.25, 0.3) is 0 Å². The Kier molecular flexibility index (Phi) is 3.94. The summed E-state index contributed by atoms with van der Waals surface area (Å²) in [7, 11) is 0. The van der Waals surface area contributed by atoms with Crippen LogP contribution in [0.1, 0.15) is 23.0 Å². The third-order valence-corrected chi connectivity index (χ3v) is 2.96. The minimum atomic E-state index is -1.12. The average molecular weight is 282 g/mol. The molecule has 1 saturated heterocycles. The average Bonchev–Trinajstić information content (AvgIpc) is 2.75. The number of carboxylic acids is 1. The van der Waals surface area contributed by atoms with Gasteiger partial charge in [-0.3, -0.25) is 15.0 Å². The summed E-state index contributed by atoms with van der Waals surface area (Å²) < 4.78 is 1.50. The number of urea groups is 1. The minimum absolute atomic E-state index is 0.0507. The summed E-state index contributed by atoms with van der Waals surface area (Å²) in [4.78, 5) is 34.3. The fraction of sp³-hybridized carbons (Fsp3) is 0.500. The molecule has 4 N–H and O–H groups in total. The largest absolute Gasteiger partial charge is 0.476 e. The van der Waals surface area contributed by atoms with Gasteiger partial charge in [0.25, 0.3) is 0 Å². The predicted molar refractivity (Wildman–Crippen MR) is 64.8 cm³/mol. The molecule has 108 valence electrons. The van der Waals surface area contributed by atoms with Gasteiger partial charge < -0.3 is 10.8 Å². The SMILES string of the molecule is NC(=O)NC(=O)CCN1CC(n2cc(C(=O)O)nn2)C1. The summed E-state index contributed by atoms with van der Waals surface area (Å²) in [5, 5.41) is 18.0. The van der Waals surface area contributed by atoms with E-state index in [2.05, 4.69) is 10.3 Å². The zero-order chi connectivity index (χ0) is 14.7. The van der Waals surface area contributed by atoms with Gasteiger partial charge in [0.05, 0.1) is 12.2 Å². The molecule has 1 fully saturated rings. The lowest BCUT2D eigenvalue weighted by Crippen LogP contribution is -2.49. The van der Waals surface area contributed by atoms with Crippen molar-refractivity contribution in [3.8, 4) is 0 Å². The summed E-state index contributed by atoms with van der Waals surface area (Å²) in [5.41, 5.74) is 4.73. The molecular formula is C10H14N6O4. The van der Waals surface area contributed by atoms with Gasteiger partial charge in [-0.05, 0) is 0 Å². The molecule has 0 atom stereocenters. The predicted octanol–water partition coefficient (Wildman–Crippen LogP) is -1.58. The van der Waals surface area contributed by atoms with Gasteiger partial charge in [-0.2, -0.15) is 0 Å². The molecule has 0 bridgehead atoms. The third kappa shape index (κ3) is 3.29. The zero-order valence-electron chi connectivity index (χ0n) is 10.5. The van der Waals surface area contributed by atoms with Gasteiger partial charge in [-0.1, -0.05) is 5.21 Å². The summed E-state index contributed by atoms with van der Waals surface area (Å²) in [5.74, 6) is -1.54. The number of amides is 3. The molecule has 0 unspecified atom stereocenters. The second kappa shape index (κ2) is 5.65.